The SMILES string of the molecule is CC(=O)OC(CC(=O)O)(C[N+](C)(C)C)C1CCCCC1. The first-order valence-corrected chi connectivity index (χ1v) is 7.36. The quantitative estimate of drug-likeness (QED) is 0.599. The van der Waals surface area contributed by atoms with Crippen LogP contribution in [0.2, 0.25) is 0 Å². The summed E-state index contributed by atoms with van der Waals surface area (Å²) in [6, 6.07) is 0. The van der Waals surface area contributed by atoms with Crippen molar-refractivity contribution in [2.75, 3.05) is 27.7 Å². The predicted molar refractivity (Wildman–Crippen MR) is 76.2 cm³/mol. The minimum atomic E-state index is -0.898. The number of carboxylic acid groups (broad SMARTS) is 1. The van der Waals surface area contributed by atoms with Crippen molar-refractivity contribution in [3.63, 3.8) is 0 Å². The second-order valence-corrected chi connectivity index (χ2v) is 7.01. The van der Waals surface area contributed by atoms with Crippen LogP contribution in [-0.4, -0.2) is 54.8 Å². The van der Waals surface area contributed by atoms with Gasteiger partial charge in [-0.15, -0.1) is 0 Å². The number of aliphatic carboxylic acids is 1. The Hall–Kier alpha value is -1.10. The number of esters is 1. The van der Waals surface area contributed by atoms with Gasteiger partial charge in [0.05, 0.1) is 27.6 Å². The zero-order chi connectivity index (χ0) is 15.4. The molecule has 0 amide bonds. The molecule has 0 aromatic heterocycles. The smallest absolute Gasteiger partial charge is 0.307 e. The van der Waals surface area contributed by atoms with E-state index in [4.69, 9.17) is 4.74 Å². The molecule has 1 fully saturated rings. The van der Waals surface area contributed by atoms with E-state index in [-0.39, 0.29) is 18.3 Å². The van der Waals surface area contributed by atoms with Crippen LogP contribution in [0.1, 0.15) is 45.4 Å². The summed E-state index contributed by atoms with van der Waals surface area (Å²) in [6.07, 6.45) is 5.15. The lowest BCUT2D eigenvalue weighted by molar-refractivity contribution is -0.877. The maximum absolute atomic E-state index is 11.5. The molecule has 0 saturated heterocycles. The highest BCUT2D eigenvalue weighted by Gasteiger charge is 2.48. The van der Waals surface area contributed by atoms with Crippen molar-refractivity contribution in [2.24, 2.45) is 5.92 Å². The van der Waals surface area contributed by atoms with Crippen molar-refractivity contribution in [3.05, 3.63) is 0 Å². The van der Waals surface area contributed by atoms with Gasteiger partial charge < -0.3 is 14.3 Å². The number of quaternary nitrogens is 1. The number of likely N-dealkylation sites (N-methyl/N-ethyl adjacent to an activating group) is 1. The summed E-state index contributed by atoms with van der Waals surface area (Å²) in [7, 11) is 6.01. The molecule has 1 rings (SSSR count). The van der Waals surface area contributed by atoms with Gasteiger partial charge in [0.15, 0.2) is 5.60 Å². The van der Waals surface area contributed by atoms with Crippen LogP contribution in [-0.2, 0) is 14.3 Å². The van der Waals surface area contributed by atoms with E-state index in [0.717, 1.165) is 25.7 Å². The maximum atomic E-state index is 11.5. The average molecular weight is 286 g/mol. The van der Waals surface area contributed by atoms with Crippen molar-refractivity contribution < 1.29 is 23.9 Å². The first-order chi connectivity index (χ1) is 9.15. The third kappa shape index (κ3) is 5.12. The minimum Gasteiger partial charge on any atom is -0.481 e. The molecule has 1 atom stereocenters. The van der Waals surface area contributed by atoms with Gasteiger partial charge in [-0.2, -0.15) is 0 Å². The molecule has 5 nitrogen and oxygen atoms in total. The molecule has 0 radical (unpaired) electrons. The van der Waals surface area contributed by atoms with E-state index in [1.54, 1.807) is 0 Å². The Labute approximate surface area is 121 Å². The Morgan fingerprint density at radius 2 is 1.75 bits per heavy atom. The third-order valence-electron chi connectivity index (χ3n) is 3.89. The maximum Gasteiger partial charge on any atom is 0.307 e. The van der Waals surface area contributed by atoms with Crippen LogP contribution in [0.5, 0.6) is 0 Å². The summed E-state index contributed by atoms with van der Waals surface area (Å²) in [5.74, 6) is -1.14. The molecule has 1 N–H and O–H groups in total. The first-order valence-electron chi connectivity index (χ1n) is 7.36. The highest BCUT2D eigenvalue weighted by Crippen LogP contribution is 2.38. The van der Waals surface area contributed by atoms with Gasteiger partial charge in [-0.25, -0.2) is 0 Å². The van der Waals surface area contributed by atoms with Crippen LogP contribution in [0, 0.1) is 5.92 Å². The topological polar surface area (TPSA) is 63.6 Å². The van der Waals surface area contributed by atoms with Gasteiger partial charge in [0.2, 0.25) is 0 Å². The fraction of sp³-hybridized carbons (Fsp3) is 0.867. The Balaban J connectivity index is 3.08. The molecule has 0 aromatic rings. The molecule has 0 spiro atoms. The summed E-state index contributed by atoms with van der Waals surface area (Å²) in [5.41, 5.74) is -0.879. The lowest BCUT2D eigenvalue weighted by atomic mass is 9.74. The van der Waals surface area contributed by atoms with Crippen molar-refractivity contribution in [1.82, 2.24) is 0 Å². The molecule has 0 heterocycles. The Bertz CT molecular complexity index is 337. The van der Waals surface area contributed by atoms with E-state index < -0.39 is 11.6 Å². The zero-order valence-electron chi connectivity index (χ0n) is 13.1. The Morgan fingerprint density at radius 1 is 1.20 bits per heavy atom. The van der Waals surface area contributed by atoms with Gasteiger partial charge in [-0.1, -0.05) is 19.3 Å². The summed E-state index contributed by atoms with van der Waals surface area (Å²) in [6.45, 7) is 1.90. The summed E-state index contributed by atoms with van der Waals surface area (Å²) in [4.78, 5) is 22.9. The van der Waals surface area contributed by atoms with Crippen LogP contribution >= 0.6 is 0 Å². The molecule has 0 aliphatic heterocycles. The highest BCUT2D eigenvalue weighted by atomic mass is 16.6. The minimum absolute atomic E-state index is 0.104. The monoisotopic (exact) mass is 286 g/mol. The standard InChI is InChI=1S/C15H27NO4/c1-12(17)20-15(10-14(18)19,11-16(2,3)4)13-8-6-5-7-9-13/h13H,5-11H2,1-4H3/p+1. The van der Waals surface area contributed by atoms with Crippen LogP contribution in [0.25, 0.3) is 0 Å². The number of carbonyl (C=O) groups is 2. The summed E-state index contributed by atoms with van der Waals surface area (Å²) < 4.78 is 6.21. The molecular weight excluding hydrogens is 258 g/mol. The average Bonchev–Trinajstić information content (AvgIpc) is 2.25. The number of nitrogens with zero attached hydrogens (tertiary/aromatic N) is 1. The Kier molecular flexibility index (Phi) is 5.57. The molecule has 1 aliphatic carbocycles. The van der Waals surface area contributed by atoms with Crippen LogP contribution in [0.4, 0.5) is 0 Å². The second kappa shape index (κ2) is 6.57. The van der Waals surface area contributed by atoms with Crippen LogP contribution in [0.3, 0.4) is 0 Å². The van der Waals surface area contributed by atoms with E-state index in [9.17, 15) is 14.7 Å². The highest BCUT2D eigenvalue weighted by molar-refractivity contribution is 5.71. The van der Waals surface area contributed by atoms with Crippen LogP contribution in [0.15, 0.2) is 0 Å². The zero-order valence-corrected chi connectivity index (χ0v) is 13.1. The largest absolute Gasteiger partial charge is 0.481 e. The number of hydrogen-bond donors (Lipinski definition) is 1. The number of ether oxygens (including phenoxy) is 1. The van der Waals surface area contributed by atoms with Gasteiger partial charge in [-0.05, 0) is 12.8 Å². The molecule has 0 bridgehead atoms. The van der Waals surface area contributed by atoms with Crippen LogP contribution < -0.4 is 0 Å². The third-order valence-corrected chi connectivity index (χ3v) is 3.89. The number of carbonyl (C=O) groups excluding carboxylic acids is 1. The van der Waals surface area contributed by atoms with E-state index in [0.29, 0.717) is 11.0 Å². The predicted octanol–water partition coefficient (Wildman–Crippen LogP) is 2.05. The van der Waals surface area contributed by atoms with Gasteiger partial charge in [0.1, 0.15) is 6.54 Å². The molecule has 1 unspecified atom stereocenters. The normalized spacial score (nSPS) is 20.2. The molecule has 5 heteroatoms. The second-order valence-electron chi connectivity index (χ2n) is 7.01. The summed E-state index contributed by atoms with van der Waals surface area (Å²) >= 11 is 0. The molecule has 0 aromatic carbocycles. The van der Waals surface area contributed by atoms with Gasteiger partial charge in [-0.3, -0.25) is 9.59 Å². The summed E-state index contributed by atoms with van der Waals surface area (Å²) in [5, 5.41) is 9.29. The number of hydrogen-bond acceptors (Lipinski definition) is 3. The lowest BCUT2D eigenvalue weighted by Gasteiger charge is -2.44. The van der Waals surface area contributed by atoms with E-state index in [2.05, 4.69) is 0 Å². The fourth-order valence-corrected chi connectivity index (χ4v) is 3.45. The van der Waals surface area contributed by atoms with E-state index in [1.165, 1.54) is 13.3 Å². The number of carboxylic acids is 1. The molecule has 1 aliphatic rings. The van der Waals surface area contributed by atoms with Crippen molar-refractivity contribution in [3.8, 4) is 0 Å². The lowest BCUT2D eigenvalue weighted by Crippen LogP contribution is -2.56. The van der Waals surface area contributed by atoms with Gasteiger partial charge in [0, 0.05) is 12.8 Å². The van der Waals surface area contributed by atoms with E-state index >= 15 is 0 Å². The van der Waals surface area contributed by atoms with Gasteiger partial charge in [0.25, 0.3) is 0 Å². The molecule has 1 saturated carbocycles. The molecular formula is C15H28NO4+. The van der Waals surface area contributed by atoms with Crippen molar-refractivity contribution >= 4 is 11.9 Å². The van der Waals surface area contributed by atoms with E-state index in [1.807, 2.05) is 21.1 Å². The van der Waals surface area contributed by atoms with Crippen molar-refractivity contribution in [1.29, 1.82) is 0 Å². The van der Waals surface area contributed by atoms with Crippen molar-refractivity contribution in [2.45, 2.75) is 51.0 Å². The van der Waals surface area contributed by atoms with Gasteiger partial charge >= 0.3 is 11.9 Å². The molecule has 20 heavy (non-hydrogen) atoms. The molecule has 116 valence electrons. The fourth-order valence-electron chi connectivity index (χ4n) is 3.45. The first kappa shape index (κ1) is 17.0. The Morgan fingerprint density at radius 3 is 2.15 bits per heavy atom. The number of rotatable bonds is 6.